The molecule has 1 aliphatic heterocycles. The summed E-state index contributed by atoms with van der Waals surface area (Å²) in [5.74, 6) is 0.228. The number of para-hydroxylation sites is 2. The number of carbonyl (C=O) groups excluding carboxylic acids is 2. The summed E-state index contributed by atoms with van der Waals surface area (Å²) in [5, 5.41) is 10.4. The maximum atomic E-state index is 12.6. The van der Waals surface area contributed by atoms with E-state index in [4.69, 9.17) is 4.42 Å². The lowest BCUT2D eigenvalue weighted by atomic mass is 10.1. The van der Waals surface area contributed by atoms with Gasteiger partial charge in [0.15, 0.2) is 0 Å². The Hall–Kier alpha value is -3.48. The second-order valence-corrected chi connectivity index (χ2v) is 5.94. The number of carbonyl (C=O) groups is 2. The van der Waals surface area contributed by atoms with Crippen LogP contribution in [0.15, 0.2) is 59.3 Å². The SMILES string of the molecule is O=C(Nc1ccccc1N1CCCC1=O)c1ccc(-c2nnco2)cc1. The number of benzene rings is 2. The molecule has 7 nitrogen and oxygen atoms in total. The summed E-state index contributed by atoms with van der Waals surface area (Å²) in [7, 11) is 0. The molecule has 130 valence electrons. The third-order valence-electron chi connectivity index (χ3n) is 4.27. The molecule has 1 aliphatic rings. The number of rotatable bonds is 4. The first-order chi connectivity index (χ1) is 12.7. The van der Waals surface area contributed by atoms with Crippen molar-refractivity contribution in [3.63, 3.8) is 0 Å². The van der Waals surface area contributed by atoms with Crippen LogP contribution in [0.1, 0.15) is 23.2 Å². The van der Waals surface area contributed by atoms with E-state index in [0.29, 0.717) is 30.1 Å². The van der Waals surface area contributed by atoms with Crippen LogP contribution in [-0.4, -0.2) is 28.6 Å². The van der Waals surface area contributed by atoms with Crippen LogP contribution < -0.4 is 10.2 Å². The molecule has 1 aromatic heterocycles. The number of nitrogens with zero attached hydrogens (tertiary/aromatic N) is 3. The van der Waals surface area contributed by atoms with Crippen LogP contribution >= 0.6 is 0 Å². The van der Waals surface area contributed by atoms with Crippen LogP contribution in [0.4, 0.5) is 11.4 Å². The lowest BCUT2D eigenvalue weighted by molar-refractivity contribution is -0.117. The zero-order chi connectivity index (χ0) is 17.9. The zero-order valence-electron chi connectivity index (χ0n) is 13.9. The monoisotopic (exact) mass is 348 g/mol. The minimum Gasteiger partial charge on any atom is -0.423 e. The van der Waals surface area contributed by atoms with Crippen molar-refractivity contribution in [1.82, 2.24) is 10.2 Å². The van der Waals surface area contributed by atoms with E-state index < -0.39 is 0 Å². The Balaban J connectivity index is 1.54. The molecular weight excluding hydrogens is 332 g/mol. The van der Waals surface area contributed by atoms with Crippen LogP contribution in [0.5, 0.6) is 0 Å². The molecular formula is C19H16N4O3. The number of anilines is 2. The van der Waals surface area contributed by atoms with Crippen molar-refractivity contribution < 1.29 is 14.0 Å². The Labute approximate surface area is 149 Å². The zero-order valence-corrected chi connectivity index (χ0v) is 13.9. The average Bonchev–Trinajstić information content (AvgIpc) is 3.34. The summed E-state index contributed by atoms with van der Waals surface area (Å²) < 4.78 is 5.14. The maximum Gasteiger partial charge on any atom is 0.255 e. The van der Waals surface area contributed by atoms with E-state index in [1.54, 1.807) is 35.2 Å². The first-order valence-electron chi connectivity index (χ1n) is 8.30. The Morgan fingerprint density at radius 3 is 2.62 bits per heavy atom. The molecule has 3 aromatic rings. The maximum absolute atomic E-state index is 12.6. The lowest BCUT2D eigenvalue weighted by Crippen LogP contribution is -2.25. The fraction of sp³-hybridized carbons (Fsp3) is 0.158. The highest BCUT2D eigenvalue weighted by molar-refractivity contribution is 6.08. The molecule has 0 atom stereocenters. The standard InChI is InChI=1S/C19H16N4O3/c24-17-6-3-11-23(17)16-5-2-1-4-15(16)21-18(25)13-7-9-14(10-8-13)19-22-20-12-26-19/h1-2,4-5,7-10,12H,3,6,11H2,(H,21,25). The number of nitrogens with one attached hydrogen (secondary N) is 1. The van der Waals surface area contributed by atoms with Gasteiger partial charge in [-0.05, 0) is 42.8 Å². The van der Waals surface area contributed by atoms with Crippen LogP contribution in [0, 0.1) is 0 Å². The minimum absolute atomic E-state index is 0.0793. The van der Waals surface area contributed by atoms with E-state index in [1.807, 2.05) is 18.2 Å². The predicted octanol–water partition coefficient (Wildman–Crippen LogP) is 3.12. The first-order valence-corrected chi connectivity index (χ1v) is 8.30. The summed E-state index contributed by atoms with van der Waals surface area (Å²) in [6, 6.07) is 14.2. The summed E-state index contributed by atoms with van der Waals surface area (Å²) in [6.45, 7) is 0.671. The average molecular weight is 348 g/mol. The molecule has 0 aliphatic carbocycles. The smallest absolute Gasteiger partial charge is 0.255 e. The fourth-order valence-electron chi connectivity index (χ4n) is 2.98. The molecule has 2 aromatic carbocycles. The van der Waals surface area contributed by atoms with Crippen LogP contribution in [0.25, 0.3) is 11.5 Å². The van der Waals surface area contributed by atoms with Crippen LogP contribution in [0.3, 0.4) is 0 Å². The molecule has 1 fully saturated rings. The van der Waals surface area contributed by atoms with Crippen molar-refractivity contribution in [2.75, 3.05) is 16.8 Å². The number of amides is 2. The van der Waals surface area contributed by atoms with Crippen molar-refractivity contribution in [3.8, 4) is 11.5 Å². The number of aromatic nitrogens is 2. The van der Waals surface area contributed by atoms with Gasteiger partial charge in [0.25, 0.3) is 5.91 Å². The normalized spacial score (nSPS) is 13.8. The van der Waals surface area contributed by atoms with Gasteiger partial charge in [0.1, 0.15) is 0 Å². The van der Waals surface area contributed by atoms with E-state index in [-0.39, 0.29) is 11.8 Å². The highest BCUT2D eigenvalue weighted by Crippen LogP contribution is 2.29. The summed E-state index contributed by atoms with van der Waals surface area (Å²) in [6.07, 6.45) is 2.63. The number of hydrogen-bond donors (Lipinski definition) is 1. The summed E-state index contributed by atoms with van der Waals surface area (Å²) >= 11 is 0. The second-order valence-electron chi connectivity index (χ2n) is 5.94. The second kappa shape index (κ2) is 6.79. The Morgan fingerprint density at radius 2 is 1.92 bits per heavy atom. The van der Waals surface area contributed by atoms with Gasteiger partial charge in [-0.2, -0.15) is 0 Å². The van der Waals surface area contributed by atoms with Gasteiger partial charge < -0.3 is 14.6 Å². The Bertz CT molecular complexity index is 936. The van der Waals surface area contributed by atoms with E-state index in [2.05, 4.69) is 15.5 Å². The lowest BCUT2D eigenvalue weighted by Gasteiger charge is -2.20. The molecule has 7 heteroatoms. The predicted molar refractivity (Wildman–Crippen MR) is 95.7 cm³/mol. The van der Waals surface area contributed by atoms with Gasteiger partial charge in [-0.3, -0.25) is 9.59 Å². The molecule has 1 N–H and O–H groups in total. The first kappa shape index (κ1) is 16.0. The van der Waals surface area contributed by atoms with Crippen LogP contribution in [0.2, 0.25) is 0 Å². The molecule has 1 saturated heterocycles. The number of hydrogen-bond acceptors (Lipinski definition) is 5. The van der Waals surface area contributed by atoms with Crippen molar-refractivity contribution in [2.45, 2.75) is 12.8 Å². The Morgan fingerprint density at radius 1 is 1.12 bits per heavy atom. The highest BCUT2D eigenvalue weighted by Gasteiger charge is 2.24. The molecule has 0 unspecified atom stereocenters. The van der Waals surface area contributed by atoms with Gasteiger partial charge in [-0.1, -0.05) is 12.1 Å². The van der Waals surface area contributed by atoms with Crippen molar-refractivity contribution in [1.29, 1.82) is 0 Å². The molecule has 26 heavy (non-hydrogen) atoms. The molecule has 0 bridgehead atoms. The largest absolute Gasteiger partial charge is 0.423 e. The van der Waals surface area contributed by atoms with Gasteiger partial charge >= 0.3 is 0 Å². The molecule has 4 rings (SSSR count). The quantitative estimate of drug-likeness (QED) is 0.782. The van der Waals surface area contributed by atoms with E-state index >= 15 is 0 Å². The van der Waals surface area contributed by atoms with Gasteiger partial charge in [-0.25, -0.2) is 0 Å². The summed E-state index contributed by atoms with van der Waals surface area (Å²) in [4.78, 5) is 26.3. The fourth-order valence-corrected chi connectivity index (χ4v) is 2.98. The molecule has 0 radical (unpaired) electrons. The third-order valence-corrected chi connectivity index (χ3v) is 4.27. The van der Waals surface area contributed by atoms with E-state index in [9.17, 15) is 9.59 Å². The molecule has 0 spiro atoms. The molecule has 2 amide bonds. The topological polar surface area (TPSA) is 88.3 Å². The van der Waals surface area contributed by atoms with Crippen molar-refractivity contribution >= 4 is 23.2 Å². The molecule has 0 saturated carbocycles. The molecule has 2 heterocycles. The highest BCUT2D eigenvalue weighted by atomic mass is 16.4. The van der Waals surface area contributed by atoms with E-state index in [0.717, 1.165) is 17.7 Å². The van der Waals surface area contributed by atoms with Gasteiger partial charge in [-0.15, -0.1) is 10.2 Å². The van der Waals surface area contributed by atoms with Crippen molar-refractivity contribution in [2.24, 2.45) is 0 Å². The summed E-state index contributed by atoms with van der Waals surface area (Å²) in [5.41, 5.74) is 2.58. The van der Waals surface area contributed by atoms with Crippen LogP contribution in [-0.2, 0) is 4.79 Å². The van der Waals surface area contributed by atoms with Gasteiger partial charge in [0.05, 0.1) is 11.4 Å². The van der Waals surface area contributed by atoms with Gasteiger partial charge in [0.2, 0.25) is 18.2 Å². The Kier molecular flexibility index (Phi) is 4.18. The third kappa shape index (κ3) is 3.06. The van der Waals surface area contributed by atoms with E-state index in [1.165, 1.54) is 6.39 Å². The van der Waals surface area contributed by atoms with Crippen molar-refractivity contribution in [3.05, 3.63) is 60.5 Å². The van der Waals surface area contributed by atoms with Gasteiger partial charge in [0, 0.05) is 24.1 Å². The minimum atomic E-state index is -0.249.